The van der Waals surface area contributed by atoms with Crippen molar-refractivity contribution >= 4 is 31.9 Å². The summed E-state index contributed by atoms with van der Waals surface area (Å²) in [5.41, 5.74) is 0.290. The van der Waals surface area contributed by atoms with E-state index in [2.05, 4.69) is 21.2 Å². The molecule has 3 rings (SSSR count). The molecule has 2 heterocycles. The molecule has 0 aliphatic carbocycles. The number of carbonyl (C=O) groups is 1. The van der Waals surface area contributed by atoms with Crippen molar-refractivity contribution in [1.82, 2.24) is 14.5 Å². The van der Waals surface area contributed by atoms with Crippen LogP contribution in [0.1, 0.15) is 48.3 Å². The summed E-state index contributed by atoms with van der Waals surface area (Å²) in [7, 11) is 0.155. The lowest BCUT2D eigenvalue weighted by atomic mass is 10.1. The van der Waals surface area contributed by atoms with Crippen molar-refractivity contribution in [3.05, 3.63) is 52.4 Å². The van der Waals surface area contributed by atoms with Crippen LogP contribution in [0.25, 0.3) is 0 Å². The summed E-state index contributed by atoms with van der Waals surface area (Å²) in [4.78, 5) is 15.0. The number of nitrogens with one attached hydrogen (secondary N) is 1. The Bertz CT molecular complexity index is 976. The van der Waals surface area contributed by atoms with Crippen LogP contribution in [-0.2, 0) is 10.0 Å². The van der Waals surface area contributed by atoms with E-state index in [0.717, 1.165) is 25.0 Å². The molecule has 164 valence electrons. The molecule has 1 N–H and O–H groups in total. The third-order valence-electron chi connectivity index (χ3n) is 5.48. The Hall–Kier alpha value is -1.68. The third kappa shape index (κ3) is 4.96. The smallest absolute Gasteiger partial charge is 0.252 e. The summed E-state index contributed by atoms with van der Waals surface area (Å²) in [6.45, 7) is 2.76. The van der Waals surface area contributed by atoms with Gasteiger partial charge in [0.1, 0.15) is 5.76 Å². The highest BCUT2D eigenvalue weighted by Gasteiger charge is 2.31. The predicted molar refractivity (Wildman–Crippen MR) is 119 cm³/mol. The number of halogens is 1. The van der Waals surface area contributed by atoms with Crippen LogP contribution in [0.2, 0.25) is 0 Å². The first-order chi connectivity index (χ1) is 14.2. The predicted octanol–water partition coefficient (Wildman–Crippen LogP) is 3.64. The molecular formula is C21H28BrN3O4S. The van der Waals surface area contributed by atoms with Crippen LogP contribution in [0.3, 0.4) is 0 Å². The summed E-state index contributed by atoms with van der Waals surface area (Å²) in [6, 6.07) is 8.10. The molecule has 9 heteroatoms. The molecule has 1 fully saturated rings. The molecular weight excluding hydrogens is 470 g/mol. The highest BCUT2D eigenvalue weighted by molar-refractivity contribution is 9.10. The average molecular weight is 498 g/mol. The molecule has 1 saturated heterocycles. The zero-order chi connectivity index (χ0) is 21.9. The third-order valence-corrected chi connectivity index (χ3v) is 8.18. The maximum atomic E-state index is 13.2. The van der Waals surface area contributed by atoms with Gasteiger partial charge < -0.3 is 9.73 Å². The largest absolute Gasteiger partial charge is 0.468 e. The van der Waals surface area contributed by atoms with E-state index < -0.39 is 10.0 Å². The second kappa shape index (κ2) is 9.64. The first-order valence-corrected chi connectivity index (χ1v) is 12.2. The van der Waals surface area contributed by atoms with E-state index in [-0.39, 0.29) is 28.4 Å². The number of amides is 1. The van der Waals surface area contributed by atoms with E-state index in [1.165, 1.54) is 6.07 Å². The van der Waals surface area contributed by atoms with Crippen molar-refractivity contribution in [2.24, 2.45) is 0 Å². The number of benzene rings is 1. The zero-order valence-electron chi connectivity index (χ0n) is 17.5. The minimum Gasteiger partial charge on any atom is -0.468 e. The van der Waals surface area contributed by atoms with Gasteiger partial charge in [0.05, 0.1) is 22.8 Å². The van der Waals surface area contributed by atoms with Gasteiger partial charge in [-0.3, -0.25) is 9.69 Å². The van der Waals surface area contributed by atoms with Crippen molar-refractivity contribution in [1.29, 1.82) is 0 Å². The van der Waals surface area contributed by atoms with Gasteiger partial charge in [-0.05, 0) is 80.1 Å². The highest BCUT2D eigenvalue weighted by atomic mass is 79.9. The Morgan fingerprint density at radius 1 is 1.33 bits per heavy atom. The van der Waals surface area contributed by atoms with Gasteiger partial charge in [0.15, 0.2) is 0 Å². The molecule has 0 unspecified atom stereocenters. The van der Waals surface area contributed by atoms with E-state index in [4.69, 9.17) is 4.42 Å². The van der Waals surface area contributed by atoms with Crippen molar-refractivity contribution in [3.8, 4) is 0 Å². The topological polar surface area (TPSA) is 82.9 Å². The zero-order valence-corrected chi connectivity index (χ0v) is 19.9. The summed E-state index contributed by atoms with van der Waals surface area (Å²) >= 11 is 3.38. The minimum absolute atomic E-state index is 0.0428. The van der Waals surface area contributed by atoms with Crippen LogP contribution >= 0.6 is 15.9 Å². The van der Waals surface area contributed by atoms with Crippen LogP contribution in [0, 0.1) is 0 Å². The number of rotatable bonds is 7. The first-order valence-electron chi connectivity index (χ1n) is 10.0. The lowest BCUT2D eigenvalue weighted by molar-refractivity contribution is 0.0938. The summed E-state index contributed by atoms with van der Waals surface area (Å²) in [5.74, 6) is 0.402. The van der Waals surface area contributed by atoms with Gasteiger partial charge in [-0.15, -0.1) is 0 Å². The highest BCUT2D eigenvalue weighted by Crippen LogP contribution is 2.28. The standard InChI is InChI=1S/C21H28BrN3O4S/c1-15-7-4-5-11-25(15)30(27,28)16-9-10-18(22)17(13-16)21(26)23-14-19(24(2)3)20-8-6-12-29-20/h6,8-10,12-13,15,19H,4-5,7,11,14H2,1-3H3,(H,23,26)/t15-,19+/m0/s1. The Morgan fingerprint density at radius 3 is 2.73 bits per heavy atom. The maximum Gasteiger partial charge on any atom is 0.252 e. The molecule has 1 aromatic heterocycles. The molecule has 1 aromatic carbocycles. The number of furan rings is 1. The van der Waals surface area contributed by atoms with Gasteiger partial charge in [0.2, 0.25) is 10.0 Å². The number of hydrogen-bond acceptors (Lipinski definition) is 5. The molecule has 1 aliphatic rings. The lowest BCUT2D eigenvalue weighted by Crippen LogP contribution is -2.42. The monoisotopic (exact) mass is 497 g/mol. The lowest BCUT2D eigenvalue weighted by Gasteiger charge is -2.32. The van der Waals surface area contributed by atoms with Crippen molar-refractivity contribution < 1.29 is 17.6 Å². The van der Waals surface area contributed by atoms with Gasteiger partial charge in [-0.25, -0.2) is 8.42 Å². The molecule has 2 aromatic rings. The second-order valence-electron chi connectivity index (χ2n) is 7.81. The number of nitrogens with zero attached hydrogens (tertiary/aromatic N) is 2. The molecule has 30 heavy (non-hydrogen) atoms. The minimum atomic E-state index is -3.65. The Morgan fingerprint density at radius 2 is 2.10 bits per heavy atom. The molecule has 7 nitrogen and oxygen atoms in total. The fourth-order valence-corrected chi connectivity index (χ4v) is 5.86. The molecule has 0 radical (unpaired) electrons. The maximum absolute atomic E-state index is 13.2. The van der Waals surface area contributed by atoms with Crippen LogP contribution in [-0.4, -0.2) is 56.8 Å². The second-order valence-corrected chi connectivity index (χ2v) is 10.6. The molecule has 1 aliphatic heterocycles. The fraction of sp³-hybridized carbons (Fsp3) is 0.476. The number of hydrogen-bond donors (Lipinski definition) is 1. The van der Waals surface area contributed by atoms with E-state index in [1.807, 2.05) is 32.0 Å². The van der Waals surface area contributed by atoms with Gasteiger partial charge in [0, 0.05) is 23.6 Å². The van der Waals surface area contributed by atoms with Crippen molar-refractivity contribution in [2.75, 3.05) is 27.2 Å². The molecule has 0 bridgehead atoms. The van der Waals surface area contributed by atoms with E-state index >= 15 is 0 Å². The van der Waals surface area contributed by atoms with E-state index in [1.54, 1.807) is 28.8 Å². The molecule has 0 spiro atoms. The number of piperidine rings is 1. The van der Waals surface area contributed by atoms with Gasteiger partial charge in [0.25, 0.3) is 5.91 Å². The number of likely N-dealkylation sites (N-methyl/N-ethyl adjacent to an activating group) is 1. The number of carbonyl (C=O) groups excluding carboxylic acids is 1. The van der Waals surface area contributed by atoms with E-state index in [9.17, 15) is 13.2 Å². The van der Waals surface area contributed by atoms with Crippen LogP contribution in [0.4, 0.5) is 0 Å². The summed E-state index contributed by atoms with van der Waals surface area (Å²) < 4.78 is 33.9. The normalized spacial score (nSPS) is 19.0. The first kappa shape index (κ1) is 23.0. The Labute approximate surface area is 186 Å². The van der Waals surface area contributed by atoms with Crippen LogP contribution < -0.4 is 5.32 Å². The van der Waals surface area contributed by atoms with Gasteiger partial charge >= 0.3 is 0 Å². The molecule has 0 saturated carbocycles. The SMILES string of the molecule is C[C@H]1CCCCN1S(=O)(=O)c1ccc(Br)c(C(=O)NC[C@H](c2ccco2)N(C)C)c1. The summed E-state index contributed by atoms with van der Waals surface area (Å²) in [5, 5.41) is 2.90. The Balaban J connectivity index is 1.80. The van der Waals surface area contributed by atoms with E-state index in [0.29, 0.717) is 17.6 Å². The Kier molecular flexibility index (Phi) is 7.38. The molecule has 2 atom stereocenters. The van der Waals surface area contributed by atoms with Gasteiger partial charge in [-0.1, -0.05) is 6.42 Å². The van der Waals surface area contributed by atoms with Crippen molar-refractivity contribution in [2.45, 2.75) is 43.2 Å². The molecule has 1 amide bonds. The fourth-order valence-electron chi connectivity index (χ4n) is 3.71. The van der Waals surface area contributed by atoms with Crippen LogP contribution in [0.5, 0.6) is 0 Å². The quantitative estimate of drug-likeness (QED) is 0.631. The van der Waals surface area contributed by atoms with Crippen LogP contribution in [0.15, 0.2) is 50.4 Å². The van der Waals surface area contributed by atoms with Gasteiger partial charge in [-0.2, -0.15) is 4.31 Å². The van der Waals surface area contributed by atoms with Crippen molar-refractivity contribution in [3.63, 3.8) is 0 Å². The average Bonchev–Trinajstić information content (AvgIpc) is 3.22. The summed E-state index contributed by atoms with van der Waals surface area (Å²) in [6.07, 6.45) is 4.33. The number of sulfonamides is 1.